The minimum atomic E-state index is 1.00. The van der Waals surface area contributed by atoms with Gasteiger partial charge < -0.3 is 4.90 Å². The minimum Gasteiger partial charge on any atom is -0.344 e. The molecule has 0 saturated carbocycles. The van der Waals surface area contributed by atoms with E-state index in [0.717, 1.165) is 36.4 Å². The lowest BCUT2D eigenvalue weighted by Gasteiger charge is -2.32. The highest BCUT2D eigenvalue weighted by Gasteiger charge is 2.22. The SMILES string of the molecule is S=C1SCCN1CN1CCc2ccccc2C1. The summed E-state index contributed by atoms with van der Waals surface area (Å²) in [5.74, 6) is 1.16. The first-order valence-corrected chi connectivity index (χ1v) is 7.43. The molecule has 4 heteroatoms. The molecule has 0 atom stereocenters. The summed E-state index contributed by atoms with van der Waals surface area (Å²) in [6.45, 7) is 4.34. The van der Waals surface area contributed by atoms with Crippen LogP contribution in [0.25, 0.3) is 0 Å². The zero-order chi connectivity index (χ0) is 11.7. The molecule has 2 aliphatic heterocycles. The number of thioether (sulfide) groups is 1. The van der Waals surface area contributed by atoms with Crippen molar-refractivity contribution in [2.24, 2.45) is 0 Å². The molecule has 1 aromatic carbocycles. The fourth-order valence-electron chi connectivity index (χ4n) is 2.47. The maximum atomic E-state index is 5.35. The molecule has 0 unspecified atom stereocenters. The number of thiocarbonyl (C=S) groups is 1. The number of fused-ring (bicyclic) bond motifs is 1. The van der Waals surface area contributed by atoms with Crippen molar-refractivity contribution in [3.63, 3.8) is 0 Å². The summed E-state index contributed by atoms with van der Waals surface area (Å²) in [5.41, 5.74) is 3.00. The third-order valence-corrected chi connectivity index (χ3v) is 4.93. The second kappa shape index (κ2) is 4.96. The molecule has 1 fully saturated rings. The van der Waals surface area contributed by atoms with Crippen molar-refractivity contribution in [3.05, 3.63) is 35.4 Å². The van der Waals surface area contributed by atoms with Gasteiger partial charge in [-0.25, -0.2) is 0 Å². The molecule has 90 valence electrons. The maximum Gasteiger partial charge on any atom is 0.137 e. The molecular formula is C13H16N2S2. The standard InChI is InChI=1S/C13H16N2S2/c16-13-15(7-8-17-13)10-14-6-5-11-3-1-2-4-12(11)9-14/h1-4H,5-10H2. The molecule has 0 bridgehead atoms. The van der Waals surface area contributed by atoms with Crippen LogP contribution in [0.4, 0.5) is 0 Å². The summed E-state index contributed by atoms with van der Waals surface area (Å²) >= 11 is 7.16. The van der Waals surface area contributed by atoms with Crippen LogP contribution in [0.2, 0.25) is 0 Å². The first-order valence-electron chi connectivity index (χ1n) is 6.04. The van der Waals surface area contributed by atoms with Crippen molar-refractivity contribution in [2.75, 3.05) is 25.5 Å². The second-order valence-electron chi connectivity index (χ2n) is 4.59. The van der Waals surface area contributed by atoms with Crippen LogP contribution in [0.1, 0.15) is 11.1 Å². The van der Waals surface area contributed by atoms with Gasteiger partial charge in [-0.1, -0.05) is 48.2 Å². The Hall–Kier alpha value is -0.580. The van der Waals surface area contributed by atoms with E-state index in [1.54, 1.807) is 0 Å². The summed E-state index contributed by atoms with van der Waals surface area (Å²) in [7, 11) is 0. The van der Waals surface area contributed by atoms with Gasteiger partial charge in [-0.2, -0.15) is 0 Å². The first kappa shape index (κ1) is 11.5. The number of hydrogen-bond acceptors (Lipinski definition) is 3. The van der Waals surface area contributed by atoms with Crippen molar-refractivity contribution >= 4 is 28.3 Å². The molecule has 2 nitrogen and oxygen atoms in total. The van der Waals surface area contributed by atoms with Crippen molar-refractivity contribution in [2.45, 2.75) is 13.0 Å². The van der Waals surface area contributed by atoms with Crippen LogP contribution >= 0.6 is 24.0 Å². The van der Waals surface area contributed by atoms with E-state index < -0.39 is 0 Å². The quantitative estimate of drug-likeness (QED) is 0.756. The van der Waals surface area contributed by atoms with Gasteiger partial charge in [0.25, 0.3) is 0 Å². The van der Waals surface area contributed by atoms with Gasteiger partial charge in [-0.15, -0.1) is 0 Å². The molecular weight excluding hydrogens is 248 g/mol. The number of hydrogen-bond donors (Lipinski definition) is 0. The normalized spacial score (nSPS) is 20.7. The third kappa shape index (κ3) is 2.49. The predicted molar refractivity (Wildman–Crippen MR) is 77.2 cm³/mol. The molecule has 0 aliphatic carbocycles. The Labute approximate surface area is 112 Å². The Morgan fingerprint density at radius 2 is 2.00 bits per heavy atom. The highest BCUT2D eigenvalue weighted by Crippen LogP contribution is 2.22. The van der Waals surface area contributed by atoms with E-state index in [-0.39, 0.29) is 0 Å². The van der Waals surface area contributed by atoms with E-state index in [4.69, 9.17) is 12.2 Å². The maximum absolute atomic E-state index is 5.35. The highest BCUT2D eigenvalue weighted by atomic mass is 32.2. The molecule has 0 amide bonds. The molecule has 1 saturated heterocycles. The summed E-state index contributed by atoms with van der Waals surface area (Å²) in [5, 5.41) is 0. The Bertz CT molecular complexity index is 433. The Morgan fingerprint density at radius 3 is 2.76 bits per heavy atom. The predicted octanol–water partition coefficient (Wildman–Crippen LogP) is 2.34. The molecule has 3 rings (SSSR count). The molecule has 1 aromatic rings. The zero-order valence-corrected chi connectivity index (χ0v) is 11.4. The smallest absolute Gasteiger partial charge is 0.137 e. The molecule has 2 heterocycles. The average molecular weight is 264 g/mol. The van der Waals surface area contributed by atoms with Crippen LogP contribution in [-0.4, -0.2) is 39.6 Å². The number of rotatable bonds is 2. The van der Waals surface area contributed by atoms with E-state index in [1.807, 2.05) is 11.8 Å². The fourth-order valence-corrected chi connectivity index (χ4v) is 3.69. The van der Waals surface area contributed by atoms with Crippen LogP contribution in [0.15, 0.2) is 24.3 Å². The van der Waals surface area contributed by atoms with Crippen molar-refractivity contribution < 1.29 is 0 Å². The van der Waals surface area contributed by atoms with Gasteiger partial charge in [-0.05, 0) is 17.5 Å². The zero-order valence-electron chi connectivity index (χ0n) is 9.76. The lowest BCUT2D eigenvalue weighted by molar-refractivity contribution is 0.181. The largest absolute Gasteiger partial charge is 0.344 e. The topological polar surface area (TPSA) is 6.48 Å². The van der Waals surface area contributed by atoms with Gasteiger partial charge in [-0.3, -0.25) is 4.90 Å². The van der Waals surface area contributed by atoms with Crippen molar-refractivity contribution in [1.29, 1.82) is 0 Å². The third-order valence-electron chi connectivity index (χ3n) is 3.43. The van der Waals surface area contributed by atoms with E-state index in [9.17, 15) is 0 Å². The average Bonchev–Trinajstić information content (AvgIpc) is 2.75. The van der Waals surface area contributed by atoms with Crippen LogP contribution in [0.3, 0.4) is 0 Å². The molecule has 0 aromatic heterocycles. The van der Waals surface area contributed by atoms with E-state index in [2.05, 4.69) is 34.1 Å². The van der Waals surface area contributed by atoms with Crippen LogP contribution in [-0.2, 0) is 13.0 Å². The lowest BCUT2D eigenvalue weighted by Crippen LogP contribution is -2.40. The van der Waals surface area contributed by atoms with Gasteiger partial charge in [0.1, 0.15) is 4.32 Å². The Kier molecular flexibility index (Phi) is 3.36. The van der Waals surface area contributed by atoms with E-state index in [1.165, 1.54) is 17.5 Å². The van der Waals surface area contributed by atoms with Crippen LogP contribution in [0, 0.1) is 0 Å². The van der Waals surface area contributed by atoms with Gasteiger partial charge in [0.15, 0.2) is 0 Å². The monoisotopic (exact) mass is 264 g/mol. The molecule has 0 N–H and O–H groups in total. The molecule has 0 radical (unpaired) electrons. The summed E-state index contributed by atoms with van der Waals surface area (Å²) in [6, 6.07) is 8.78. The number of nitrogens with zero attached hydrogens (tertiary/aromatic N) is 2. The van der Waals surface area contributed by atoms with E-state index in [0.29, 0.717) is 0 Å². The Balaban J connectivity index is 1.66. The number of benzene rings is 1. The summed E-state index contributed by atoms with van der Waals surface area (Å²) in [4.78, 5) is 4.83. The van der Waals surface area contributed by atoms with Crippen LogP contribution in [0.5, 0.6) is 0 Å². The molecule has 2 aliphatic rings. The van der Waals surface area contributed by atoms with Gasteiger partial charge in [0, 0.05) is 25.4 Å². The minimum absolute atomic E-state index is 1.00. The van der Waals surface area contributed by atoms with Gasteiger partial charge >= 0.3 is 0 Å². The first-order chi connectivity index (χ1) is 8.33. The summed E-state index contributed by atoms with van der Waals surface area (Å²) < 4.78 is 1.07. The van der Waals surface area contributed by atoms with Gasteiger partial charge in [0.05, 0.1) is 6.67 Å². The lowest BCUT2D eigenvalue weighted by atomic mass is 10.0. The van der Waals surface area contributed by atoms with Gasteiger partial charge in [0.2, 0.25) is 0 Å². The fraction of sp³-hybridized carbons (Fsp3) is 0.462. The second-order valence-corrected chi connectivity index (χ2v) is 6.32. The van der Waals surface area contributed by atoms with E-state index >= 15 is 0 Å². The summed E-state index contributed by atoms with van der Waals surface area (Å²) in [6.07, 6.45) is 1.17. The Morgan fingerprint density at radius 1 is 1.18 bits per heavy atom. The molecule has 17 heavy (non-hydrogen) atoms. The highest BCUT2D eigenvalue weighted by molar-refractivity contribution is 8.23. The van der Waals surface area contributed by atoms with Crippen molar-refractivity contribution in [1.82, 2.24) is 9.80 Å². The van der Waals surface area contributed by atoms with Crippen LogP contribution < -0.4 is 0 Å². The molecule has 0 spiro atoms. The van der Waals surface area contributed by atoms with Crippen molar-refractivity contribution in [3.8, 4) is 0 Å².